The standard InChI is InChI=1S/C29H23BrClNO4S/c1-29(17-19-5-12-25(31)13-6-19)18-23-15-22(11-14-27(23)36-29)20-7-9-21(10-8-20)28(33)32-37(34,35)26-4-2-3-24(30)16-26/h2-16H,17-18H2,1H3,(H,32,33). The molecule has 0 fully saturated rings. The van der Waals surface area contributed by atoms with E-state index in [1.807, 2.05) is 48.5 Å². The Kier molecular flexibility index (Phi) is 6.88. The number of amides is 1. The lowest BCUT2D eigenvalue weighted by Crippen LogP contribution is -2.32. The summed E-state index contributed by atoms with van der Waals surface area (Å²) in [5, 5.41) is 0.712. The first-order valence-corrected chi connectivity index (χ1v) is 14.3. The van der Waals surface area contributed by atoms with Crippen molar-refractivity contribution in [3.8, 4) is 16.9 Å². The van der Waals surface area contributed by atoms with E-state index < -0.39 is 15.9 Å². The van der Waals surface area contributed by atoms with E-state index in [9.17, 15) is 13.2 Å². The van der Waals surface area contributed by atoms with E-state index in [2.05, 4.69) is 33.6 Å². The summed E-state index contributed by atoms with van der Waals surface area (Å²) < 4.78 is 34.2. The number of fused-ring (bicyclic) bond motifs is 1. The summed E-state index contributed by atoms with van der Waals surface area (Å²) in [5.41, 5.74) is 4.09. The van der Waals surface area contributed by atoms with Gasteiger partial charge in [-0.15, -0.1) is 0 Å². The van der Waals surface area contributed by atoms with Crippen LogP contribution in [0.25, 0.3) is 11.1 Å². The van der Waals surface area contributed by atoms with Gasteiger partial charge in [-0.3, -0.25) is 4.79 Å². The topological polar surface area (TPSA) is 72.5 Å². The lowest BCUT2D eigenvalue weighted by Gasteiger charge is -2.24. The van der Waals surface area contributed by atoms with Crippen molar-refractivity contribution in [3.05, 3.63) is 117 Å². The van der Waals surface area contributed by atoms with Gasteiger partial charge in [0.2, 0.25) is 0 Å². The molecule has 37 heavy (non-hydrogen) atoms. The number of hydrogen-bond acceptors (Lipinski definition) is 4. The highest BCUT2D eigenvalue weighted by atomic mass is 79.9. The van der Waals surface area contributed by atoms with E-state index >= 15 is 0 Å². The van der Waals surface area contributed by atoms with Crippen LogP contribution >= 0.6 is 27.5 Å². The van der Waals surface area contributed by atoms with Crippen molar-refractivity contribution in [2.45, 2.75) is 30.3 Å². The molecule has 0 aliphatic carbocycles. The Balaban J connectivity index is 1.29. The van der Waals surface area contributed by atoms with Gasteiger partial charge in [-0.25, -0.2) is 13.1 Å². The third-order valence-electron chi connectivity index (χ3n) is 6.29. The molecular weight excluding hydrogens is 574 g/mol. The molecule has 5 nitrogen and oxygen atoms in total. The van der Waals surface area contributed by atoms with Gasteiger partial charge in [0.1, 0.15) is 11.4 Å². The molecule has 1 unspecified atom stereocenters. The highest BCUT2D eigenvalue weighted by Gasteiger charge is 2.35. The van der Waals surface area contributed by atoms with Crippen LogP contribution in [0.4, 0.5) is 0 Å². The molecule has 4 aromatic rings. The molecule has 1 N–H and O–H groups in total. The van der Waals surface area contributed by atoms with E-state index in [-0.39, 0.29) is 16.1 Å². The fourth-order valence-corrected chi connectivity index (χ4v) is 6.22. The third-order valence-corrected chi connectivity index (χ3v) is 8.36. The second-order valence-corrected chi connectivity index (χ2v) is 12.4. The predicted molar refractivity (Wildman–Crippen MR) is 149 cm³/mol. The SMILES string of the molecule is CC1(Cc2ccc(Cl)cc2)Cc2cc(-c3ccc(C(=O)NS(=O)(=O)c4cccc(Br)c4)cc3)ccc2O1. The summed E-state index contributed by atoms with van der Waals surface area (Å²) in [5.74, 6) is 0.181. The molecule has 188 valence electrons. The Labute approximate surface area is 229 Å². The molecule has 1 amide bonds. The summed E-state index contributed by atoms with van der Waals surface area (Å²) in [6, 6.07) is 26.9. The van der Waals surface area contributed by atoms with Crippen LogP contribution in [0.1, 0.15) is 28.4 Å². The molecule has 1 heterocycles. The van der Waals surface area contributed by atoms with Crippen molar-refractivity contribution in [2.75, 3.05) is 0 Å². The summed E-state index contributed by atoms with van der Waals surface area (Å²) in [6.07, 6.45) is 1.54. The van der Waals surface area contributed by atoms with Crippen LogP contribution < -0.4 is 9.46 Å². The summed E-state index contributed by atoms with van der Waals surface area (Å²) >= 11 is 9.26. The van der Waals surface area contributed by atoms with Crippen LogP contribution in [0.5, 0.6) is 5.75 Å². The molecule has 4 aromatic carbocycles. The van der Waals surface area contributed by atoms with E-state index in [0.29, 0.717) is 9.50 Å². The van der Waals surface area contributed by atoms with E-state index in [1.54, 1.807) is 24.3 Å². The van der Waals surface area contributed by atoms with Crippen LogP contribution in [-0.2, 0) is 22.9 Å². The van der Waals surface area contributed by atoms with Crippen molar-refractivity contribution in [3.63, 3.8) is 0 Å². The highest BCUT2D eigenvalue weighted by molar-refractivity contribution is 9.10. The molecular formula is C29H23BrClNO4S. The number of ether oxygens (including phenoxy) is 1. The summed E-state index contributed by atoms with van der Waals surface area (Å²) in [4.78, 5) is 12.6. The quantitative estimate of drug-likeness (QED) is 0.265. The fourth-order valence-electron chi connectivity index (χ4n) is 4.52. The van der Waals surface area contributed by atoms with Crippen molar-refractivity contribution < 1.29 is 17.9 Å². The summed E-state index contributed by atoms with van der Waals surface area (Å²) in [6.45, 7) is 2.11. The smallest absolute Gasteiger partial charge is 0.264 e. The maximum Gasteiger partial charge on any atom is 0.264 e. The second kappa shape index (κ2) is 9.97. The van der Waals surface area contributed by atoms with Crippen molar-refractivity contribution in [2.24, 2.45) is 0 Å². The number of halogens is 2. The van der Waals surface area contributed by atoms with Gasteiger partial charge >= 0.3 is 0 Å². The minimum Gasteiger partial charge on any atom is -0.487 e. The Bertz CT molecular complexity index is 1590. The monoisotopic (exact) mass is 595 g/mol. The zero-order valence-electron chi connectivity index (χ0n) is 19.9. The predicted octanol–water partition coefficient (Wildman–Crippen LogP) is 6.82. The number of benzene rings is 4. The Morgan fingerprint density at radius 2 is 1.68 bits per heavy atom. The maximum atomic E-state index is 12.6. The Morgan fingerprint density at radius 3 is 2.38 bits per heavy atom. The normalized spacial score (nSPS) is 16.6. The van der Waals surface area contributed by atoms with Gasteiger partial charge in [-0.05, 0) is 83.8 Å². The fraction of sp³-hybridized carbons (Fsp3) is 0.138. The number of hydrogen-bond donors (Lipinski definition) is 1. The zero-order valence-corrected chi connectivity index (χ0v) is 23.0. The molecule has 0 saturated carbocycles. The van der Waals surface area contributed by atoms with Crippen molar-refractivity contribution in [1.29, 1.82) is 0 Å². The molecule has 5 rings (SSSR count). The van der Waals surface area contributed by atoms with Gasteiger partial charge in [0.15, 0.2) is 0 Å². The van der Waals surface area contributed by atoms with Crippen molar-refractivity contribution >= 4 is 43.5 Å². The Hall–Kier alpha value is -3.13. The van der Waals surface area contributed by atoms with Crippen LogP contribution in [0.3, 0.4) is 0 Å². The van der Waals surface area contributed by atoms with Gasteiger partial charge in [0, 0.05) is 27.9 Å². The van der Waals surface area contributed by atoms with Crippen LogP contribution in [0.2, 0.25) is 5.02 Å². The zero-order chi connectivity index (χ0) is 26.2. The van der Waals surface area contributed by atoms with Crippen LogP contribution in [0.15, 0.2) is 100 Å². The second-order valence-electron chi connectivity index (χ2n) is 9.32. The number of carbonyl (C=O) groups is 1. The average Bonchev–Trinajstić information content (AvgIpc) is 3.20. The number of rotatable bonds is 6. The first kappa shape index (κ1) is 25.5. The number of sulfonamides is 1. The molecule has 8 heteroatoms. The van der Waals surface area contributed by atoms with Gasteiger partial charge in [-0.2, -0.15) is 0 Å². The van der Waals surface area contributed by atoms with Crippen LogP contribution in [-0.4, -0.2) is 19.9 Å². The van der Waals surface area contributed by atoms with Crippen molar-refractivity contribution in [1.82, 2.24) is 4.72 Å². The van der Waals surface area contributed by atoms with Gasteiger partial charge < -0.3 is 4.74 Å². The molecule has 0 saturated heterocycles. The van der Waals surface area contributed by atoms with Gasteiger partial charge in [-0.1, -0.05) is 63.9 Å². The largest absolute Gasteiger partial charge is 0.487 e. The van der Waals surface area contributed by atoms with Gasteiger partial charge in [0.25, 0.3) is 15.9 Å². The van der Waals surface area contributed by atoms with E-state index in [0.717, 1.165) is 40.8 Å². The molecule has 0 radical (unpaired) electrons. The number of carbonyl (C=O) groups excluding carboxylic acids is 1. The average molecular weight is 597 g/mol. The Morgan fingerprint density at radius 1 is 0.973 bits per heavy atom. The minimum absolute atomic E-state index is 0.00951. The third kappa shape index (κ3) is 5.74. The minimum atomic E-state index is -3.99. The molecule has 1 atom stereocenters. The maximum absolute atomic E-state index is 12.6. The molecule has 0 bridgehead atoms. The summed E-state index contributed by atoms with van der Waals surface area (Å²) in [7, 11) is -3.99. The molecule has 0 spiro atoms. The van der Waals surface area contributed by atoms with Crippen LogP contribution in [0, 0.1) is 0 Å². The van der Waals surface area contributed by atoms with Gasteiger partial charge in [0.05, 0.1) is 4.90 Å². The molecule has 1 aliphatic heterocycles. The van der Waals surface area contributed by atoms with E-state index in [4.69, 9.17) is 16.3 Å². The molecule has 1 aliphatic rings. The first-order valence-electron chi connectivity index (χ1n) is 11.6. The lowest BCUT2D eigenvalue weighted by molar-refractivity contribution is 0.0981. The highest BCUT2D eigenvalue weighted by Crippen LogP contribution is 2.39. The lowest BCUT2D eigenvalue weighted by atomic mass is 9.91. The molecule has 0 aromatic heterocycles. The first-order chi connectivity index (χ1) is 17.6. The number of nitrogens with one attached hydrogen (secondary N) is 1. The van der Waals surface area contributed by atoms with E-state index in [1.165, 1.54) is 12.1 Å².